The van der Waals surface area contributed by atoms with Gasteiger partial charge >= 0.3 is 5.97 Å². The molecule has 0 radical (unpaired) electrons. The van der Waals surface area contributed by atoms with E-state index in [1.54, 1.807) is 48.5 Å². The lowest BCUT2D eigenvalue weighted by Gasteiger charge is -2.13. The molecule has 154 valence electrons. The summed E-state index contributed by atoms with van der Waals surface area (Å²) in [4.78, 5) is 27.6. The monoisotopic (exact) mass is 419 g/mol. The number of nitrogens with zero attached hydrogens (tertiary/aromatic N) is 1. The number of amides is 1. The number of hydrogen-bond donors (Lipinski definition) is 5. The number of anilines is 1. The molecule has 1 amide bonds. The van der Waals surface area contributed by atoms with Crippen LogP contribution in [-0.4, -0.2) is 44.0 Å². The Kier molecular flexibility index (Phi) is 7.42. The summed E-state index contributed by atoms with van der Waals surface area (Å²) in [5.41, 5.74) is 4.31. The van der Waals surface area contributed by atoms with Gasteiger partial charge in [0.2, 0.25) is 10.0 Å². The second kappa shape index (κ2) is 9.78. The van der Waals surface area contributed by atoms with Gasteiger partial charge in [-0.15, -0.1) is 0 Å². The van der Waals surface area contributed by atoms with Gasteiger partial charge in [-0.05, 0) is 42.3 Å². The Balaban J connectivity index is 2.06. The van der Waals surface area contributed by atoms with Crippen LogP contribution in [0.25, 0.3) is 0 Å². The van der Waals surface area contributed by atoms with Gasteiger partial charge in [-0.25, -0.2) is 24.0 Å². The van der Waals surface area contributed by atoms with E-state index < -0.39 is 22.0 Å². The number of benzene rings is 2. The standard InChI is InChI=1S/C18H21N5O5S/c1-29(27,28)23-16(18(25)26)9-12-5-7-14(8-6-12)22-17(24)13-3-2-4-15(10-13)20-11-21-19/h2-8,10-11,16,23H,9,19H2,1H3,(H,20,21)(H,22,24)(H,25,26)/t16-/m0/s1. The van der Waals surface area contributed by atoms with E-state index in [0.29, 0.717) is 22.5 Å². The highest BCUT2D eigenvalue weighted by atomic mass is 32.2. The Bertz CT molecular complexity index is 1010. The van der Waals surface area contributed by atoms with Crippen LogP contribution in [0.3, 0.4) is 0 Å². The SMILES string of the molecule is CS(=O)(=O)N[C@@H](Cc1ccc(NC(=O)c2cccc(N=CNN)c2)cc1)C(=O)O. The molecular formula is C18H21N5O5S. The van der Waals surface area contributed by atoms with E-state index in [1.165, 1.54) is 6.34 Å². The first-order valence-corrected chi connectivity index (χ1v) is 10.3. The predicted octanol–water partition coefficient (Wildman–Crippen LogP) is 0.607. The quantitative estimate of drug-likeness (QED) is 0.172. The number of carboxylic acid groups (broad SMARTS) is 1. The Morgan fingerprint density at radius 1 is 1.21 bits per heavy atom. The van der Waals surface area contributed by atoms with E-state index in [9.17, 15) is 18.0 Å². The third-order valence-corrected chi connectivity index (χ3v) is 4.42. The summed E-state index contributed by atoms with van der Waals surface area (Å²) in [7, 11) is -3.66. The zero-order valence-electron chi connectivity index (χ0n) is 15.5. The number of aliphatic imine (C=N–C) groups is 1. The van der Waals surface area contributed by atoms with E-state index in [-0.39, 0.29) is 12.3 Å². The highest BCUT2D eigenvalue weighted by Gasteiger charge is 2.21. The fourth-order valence-corrected chi connectivity index (χ4v) is 3.14. The van der Waals surface area contributed by atoms with E-state index >= 15 is 0 Å². The van der Waals surface area contributed by atoms with Gasteiger partial charge in [0.25, 0.3) is 5.91 Å². The summed E-state index contributed by atoms with van der Waals surface area (Å²) in [6.45, 7) is 0. The number of nitrogens with one attached hydrogen (secondary N) is 3. The number of carboxylic acids is 1. The van der Waals surface area contributed by atoms with Crippen molar-refractivity contribution in [1.82, 2.24) is 10.1 Å². The third kappa shape index (κ3) is 7.33. The zero-order chi connectivity index (χ0) is 21.4. The molecule has 29 heavy (non-hydrogen) atoms. The van der Waals surface area contributed by atoms with Crippen molar-refractivity contribution in [3.63, 3.8) is 0 Å². The number of sulfonamides is 1. The minimum absolute atomic E-state index is 0.0359. The first-order chi connectivity index (χ1) is 13.7. The first-order valence-electron chi connectivity index (χ1n) is 8.37. The topological polar surface area (TPSA) is 163 Å². The molecule has 0 saturated carbocycles. The molecule has 0 aliphatic carbocycles. The summed E-state index contributed by atoms with van der Waals surface area (Å²) >= 11 is 0. The van der Waals surface area contributed by atoms with E-state index in [1.807, 2.05) is 0 Å². The highest BCUT2D eigenvalue weighted by molar-refractivity contribution is 7.88. The van der Waals surface area contributed by atoms with Crippen molar-refractivity contribution < 1.29 is 23.1 Å². The molecule has 0 fully saturated rings. The molecule has 0 saturated heterocycles. The van der Waals surface area contributed by atoms with Gasteiger partial charge in [-0.2, -0.15) is 0 Å². The fraction of sp³-hybridized carbons (Fsp3) is 0.167. The molecule has 11 heteroatoms. The summed E-state index contributed by atoms with van der Waals surface area (Å²) in [6.07, 6.45) is 2.15. The van der Waals surface area contributed by atoms with Gasteiger partial charge in [0, 0.05) is 11.3 Å². The Hall–Kier alpha value is -3.28. The Labute approximate surface area is 167 Å². The van der Waals surface area contributed by atoms with Crippen LogP contribution in [0.2, 0.25) is 0 Å². The fourth-order valence-electron chi connectivity index (χ4n) is 2.44. The molecule has 1 atom stereocenters. The van der Waals surface area contributed by atoms with Crippen molar-refractivity contribution in [3.05, 3.63) is 59.7 Å². The minimum Gasteiger partial charge on any atom is -0.480 e. The van der Waals surface area contributed by atoms with Crippen molar-refractivity contribution in [1.29, 1.82) is 0 Å². The average molecular weight is 419 g/mol. The van der Waals surface area contributed by atoms with E-state index in [0.717, 1.165) is 6.26 Å². The Morgan fingerprint density at radius 2 is 1.90 bits per heavy atom. The summed E-state index contributed by atoms with van der Waals surface area (Å²) in [6, 6.07) is 11.8. The van der Waals surface area contributed by atoms with Crippen molar-refractivity contribution in [3.8, 4) is 0 Å². The van der Waals surface area contributed by atoms with Crippen LogP contribution in [-0.2, 0) is 21.2 Å². The van der Waals surface area contributed by atoms with E-state index in [2.05, 4.69) is 20.5 Å². The normalized spacial score (nSPS) is 12.5. The number of hydrogen-bond acceptors (Lipinski definition) is 6. The maximum Gasteiger partial charge on any atom is 0.322 e. The van der Waals surface area contributed by atoms with Gasteiger partial charge < -0.3 is 15.8 Å². The maximum atomic E-state index is 12.4. The molecule has 0 spiro atoms. The summed E-state index contributed by atoms with van der Waals surface area (Å²) in [5.74, 6) is 3.49. The van der Waals surface area contributed by atoms with Gasteiger partial charge in [0.05, 0.1) is 11.9 Å². The summed E-state index contributed by atoms with van der Waals surface area (Å²) in [5, 5.41) is 11.9. The highest BCUT2D eigenvalue weighted by Crippen LogP contribution is 2.16. The lowest BCUT2D eigenvalue weighted by molar-refractivity contribution is -0.138. The van der Waals surface area contributed by atoms with Gasteiger partial charge in [-0.3, -0.25) is 9.59 Å². The molecule has 0 aliphatic heterocycles. The largest absolute Gasteiger partial charge is 0.480 e. The van der Waals surface area contributed by atoms with Crippen LogP contribution in [0.15, 0.2) is 53.5 Å². The number of hydrazine groups is 1. The van der Waals surface area contributed by atoms with Crippen molar-refractivity contribution in [2.45, 2.75) is 12.5 Å². The van der Waals surface area contributed by atoms with Crippen molar-refractivity contribution in [2.75, 3.05) is 11.6 Å². The van der Waals surface area contributed by atoms with Crippen LogP contribution >= 0.6 is 0 Å². The molecule has 0 aliphatic rings. The second-order valence-corrected chi connectivity index (χ2v) is 7.89. The van der Waals surface area contributed by atoms with Crippen LogP contribution in [0.5, 0.6) is 0 Å². The molecule has 10 nitrogen and oxygen atoms in total. The average Bonchev–Trinajstić information content (AvgIpc) is 2.66. The number of rotatable bonds is 9. The first kappa shape index (κ1) is 22.0. The van der Waals surface area contributed by atoms with Gasteiger partial charge in [0.15, 0.2) is 0 Å². The van der Waals surface area contributed by atoms with Crippen LogP contribution in [0.1, 0.15) is 15.9 Å². The number of carbonyl (C=O) groups excluding carboxylic acids is 1. The van der Waals surface area contributed by atoms with Gasteiger partial charge in [0.1, 0.15) is 12.4 Å². The molecular weight excluding hydrogens is 398 g/mol. The molecule has 2 aromatic carbocycles. The number of carbonyl (C=O) groups is 2. The van der Waals surface area contributed by atoms with Crippen LogP contribution < -0.4 is 21.3 Å². The molecule has 2 rings (SSSR count). The molecule has 0 heterocycles. The smallest absolute Gasteiger partial charge is 0.322 e. The third-order valence-electron chi connectivity index (χ3n) is 3.70. The van der Waals surface area contributed by atoms with Crippen LogP contribution in [0, 0.1) is 0 Å². The molecule has 0 bridgehead atoms. The van der Waals surface area contributed by atoms with Crippen molar-refractivity contribution in [2.24, 2.45) is 10.8 Å². The predicted molar refractivity (Wildman–Crippen MR) is 109 cm³/mol. The Morgan fingerprint density at radius 3 is 2.48 bits per heavy atom. The lowest BCUT2D eigenvalue weighted by atomic mass is 10.1. The van der Waals surface area contributed by atoms with Gasteiger partial charge in [-0.1, -0.05) is 18.2 Å². The maximum absolute atomic E-state index is 12.4. The van der Waals surface area contributed by atoms with Crippen molar-refractivity contribution >= 4 is 39.6 Å². The molecule has 0 unspecified atom stereocenters. The molecule has 2 aromatic rings. The number of aliphatic carboxylic acids is 1. The minimum atomic E-state index is -3.66. The van der Waals surface area contributed by atoms with Crippen LogP contribution in [0.4, 0.5) is 11.4 Å². The molecule has 0 aromatic heterocycles. The number of nitrogens with two attached hydrogens (primary N) is 1. The second-order valence-electron chi connectivity index (χ2n) is 6.11. The zero-order valence-corrected chi connectivity index (χ0v) is 16.3. The lowest BCUT2D eigenvalue weighted by Crippen LogP contribution is -2.41. The summed E-state index contributed by atoms with van der Waals surface area (Å²) < 4.78 is 24.6. The molecule has 6 N–H and O–H groups in total. The van der Waals surface area contributed by atoms with E-state index in [4.69, 9.17) is 10.9 Å².